The fourth-order valence-corrected chi connectivity index (χ4v) is 1.81. The number of hydrogen-bond donors (Lipinski definition) is 2. The summed E-state index contributed by atoms with van der Waals surface area (Å²) in [7, 11) is 0. The Bertz CT molecular complexity index is 419. The summed E-state index contributed by atoms with van der Waals surface area (Å²) < 4.78 is 23.6. The number of aromatic carboxylic acids is 1. The smallest absolute Gasteiger partial charge is 0.347 e. The molecule has 1 rings (SSSR count). The molecule has 16 heavy (non-hydrogen) atoms. The zero-order chi connectivity index (χ0) is 12.3. The van der Waals surface area contributed by atoms with Gasteiger partial charge in [0.15, 0.2) is 0 Å². The van der Waals surface area contributed by atoms with Gasteiger partial charge < -0.3 is 10.4 Å². The van der Waals surface area contributed by atoms with Gasteiger partial charge in [0.05, 0.1) is 12.2 Å². The van der Waals surface area contributed by atoms with Gasteiger partial charge in [-0.25, -0.2) is 9.78 Å². The van der Waals surface area contributed by atoms with E-state index in [1.165, 1.54) is 6.92 Å². The van der Waals surface area contributed by atoms with Gasteiger partial charge in [-0.3, -0.25) is 4.79 Å². The number of halogens is 2. The molecule has 0 spiro atoms. The molecule has 0 aliphatic rings. The Hall–Kier alpha value is -1.57. The zero-order valence-corrected chi connectivity index (χ0v) is 8.98. The highest BCUT2D eigenvalue weighted by Crippen LogP contribution is 2.17. The number of thiazole rings is 1. The van der Waals surface area contributed by atoms with Crippen LogP contribution in [0.15, 0.2) is 0 Å². The molecule has 1 aromatic rings. The molecule has 0 fully saturated rings. The number of hydrogen-bond acceptors (Lipinski definition) is 4. The molecule has 1 heterocycles. The maximum atomic E-state index is 11.8. The van der Waals surface area contributed by atoms with E-state index in [0.717, 1.165) is 11.3 Å². The van der Waals surface area contributed by atoms with Crippen LogP contribution in [0.25, 0.3) is 0 Å². The molecule has 0 atom stereocenters. The van der Waals surface area contributed by atoms with Crippen molar-refractivity contribution >= 4 is 23.2 Å². The second-order valence-corrected chi connectivity index (χ2v) is 3.93. The first-order chi connectivity index (χ1) is 7.41. The predicted octanol–water partition coefficient (Wildman–Crippen LogP) is 1.03. The average molecular weight is 250 g/mol. The Morgan fingerprint density at radius 2 is 2.19 bits per heavy atom. The van der Waals surface area contributed by atoms with Crippen LogP contribution in [0.1, 0.15) is 20.4 Å². The van der Waals surface area contributed by atoms with Gasteiger partial charge in [-0.2, -0.15) is 8.78 Å². The van der Waals surface area contributed by atoms with Crippen molar-refractivity contribution in [3.63, 3.8) is 0 Å². The number of nitrogens with zero attached hydrogens (tertiary/aromatic N) is 1. The molecule has 0 bridgehead atoms. The second kappa shape index (κ2) is 4.97. The standard InChI is InChI=1S/C8H8F2N2O3S/c1-3-5(8(14)15)16-4(12-3)2-11-7(13)6(9)10/h6H,2H2,1H3,(H,11,13)(H,14,15). The fraction of sp³-hybridized carbons (Fsp3) is 0.375. The highest BCUT2D eigenvalue weighted by Gasteiger charge is 2.17. The van der Waals surface area contributed by atoms with E-state index >= 15 is 0 Å². The molecule has 5 nitrogen and oxygen atoms in total. The van der Waals surface area contributed by atoms with E-state index in [9.17, 15) is 18.4 Å². The van der Waals surface area contributed by atoms with Crippen LogP contribution in [0, 0.1) is 6.92 Å². The lowest BCUT2D eigenvalue weighted by Crippen LogP contribution is -2.28. The maximum Gasteiger partial charge on any atom is 0.347 e. The summed E-state index contributed by atoms with van der Waals surface area (Å²) in [6.07, 6.45) is -3.08. The van der Waals surface area contributed by atoms with Gasteiger partial charge in [-0.1, -0.05) is 0 Å². The van der Waals surface area contributed by atoms with Crippen molar-refractivity contribution < 1.29 is 23.5 Å². The van der Waals surface area contributed by atoms with Gasteiger partial charge >= 0.3 is 12.4 Å². The summed E-state index contributed by atoms with van der Waals surface area (Å²) in [5.74, 6) is -2.52. The van der Waals surface area contributed by atoms with Crippen LogP contribution in [0.5, 0.6) is 0 Å². The Balaban J connectivity index is 2.65. The monoisotopic (exact) mass is 250 g/mol. The number of alkyl halides is 2. The van der Waals surface area contributed by atoms with Crippen molar-refractivity contribution in [3.8, 4) is 0 Å². The highest BCUT2D eigenvalue weighted by molar-refractivity contribution is 7.13. The van der Waals surface area contributed by atoms with Crippen molar-refractivity contribution in [2.24, 2.45) is 0 Å². The van der Waals surface area contributed by atoms with Gasteiger partial charge in [-0.05, 0) is 6.92 Å². The topological polar surface area (TPSA) is 79.3 Å². The van der Waals surface area contributed by atoms with Crippen LogP contribution < -0.4 is 5.32 Å². The van der Waals surface area contributed by atoms with E-state index < -0.39 is 18.3 Å². The Labute approximate surface area is 93.1 Å². The number of carbonyl (C=O) groups is 2. The average Bonchev–Trinajstić information content (AvgIpc) is 2.56. The molecular weight excluding hydrogens is 242 g/mol. The third kappa shape index (κ3) is 2.96. The normalized spacial score (nSPS) is 10.5. The molecular formula is C8H8F2N2O3S. The Morgan fingerprint density at radius 1 is 1.56 bits per heavy atom. The van der Waals surface area contributed by atoms with Crippen molar-refractivity contribution in [3.05, 3.63) is 15.6 Å². The van der Waals surface area contributed by atoms with E-state index in [2.05, 4.69) is 4.98 Å². The van der Waals surface area contributed by atoms with Crippen LogP contribution >= 0.6 is 11.3 Å². The minimum atomic E-state index is -3.08. The van der Waals surface area contributed by atoms with Crippen molar-refractivity contribution in [1.29, 1.82) is 0 Å². The number of carboxylic acids is 1. The van der Waals surface area contributed by atoms with E-state index in [1.54, 1.807) is 0 Å². The van der Waals surface area contributed by atoms with E-state index in [1.807, 2.05) is 5.32 Å². The molecule has 0 radical (unpaired) electrons. The molecule has 0 saturated carbocycles. The van der Waals surface area contributed by atoms with Gasteiger partial charge in [0.2, 0.25) is 0 Å². The van der Waals surface area contributed by atoms with Gasteiger partial charge in [0.1, 0.15) is 9.88 Å². The van der Waals surface area contributed by atoms with E-state index in [4.69, 9.17) is 5.11 Å². The first kappa shape index (κ1) is 12.5. The van der Waals surface area contributed by atoms with Gasteiger partial charge in [0, 0.05) is 0 Å². The molecule has 0 saturated heterocycles. The quantitative estimate of drug-likeness (QED) is 0.836. The van der Waals surface area contributed by atoms with Crippen LogP contribution in [0.2, 0.25) is 0 Å². The van der Waals surface area contributed by atoms with Gasteiger partial charge in [-0.15, -0.1) is 11.3 Å². The van der Waals surface area contributed by atoms with Gasteiger partial charge in [0.25, 0.3) is 5.91 Å². The first-order valence-corrected chi connectivity index (χ1v) is 4.99. The molecule has 2 N–H and O–H groups in total. The Kier molecular flexibility index (Phi) is 3.88. The summed E-state index contributed by atoms with van der Waals surface area (Å²) >= 11 is 0.851. The lowest BCUT2D eigenvalue weighted by Gasteiger charge is -2.00. The first-order valence-electron chi connectivity index (χ1n) is 4.17. The third-order valence-electron chi connectivity index (χ3n) is 1.65. The number of rotatable bonds is 4. The molecule has 0 unspecified atom stereocenters. The SMILES string of the molecule is Cc1nc(CNC(=O)C(F)F)sc1C(=O)O. The molecule has 0 aromatic carbocycles. The van der Waals surface area contributed by atoms with Crippen molar-refractivity contribution in [1.82, 2.24) is 10.3 Å². The van der Waals surface area contributed by atoms with E-state index in [0.29, 0.717) is 5.69 Å². The number of carboxylic acid groups (broad SMARTS) is 1. The van der Waals surface area contributed by atoms with E-state index in [-0.39, 0.29) is 16.4 Å². The zero-order valence-electron chi connectivity index (χ0n) is 8.16. The van der Waals surface area contributed by atoms with Crippen LogP contribution in [-0.4, -0.2) is 28.4 Å². The maximum absolute atomic E-state index is 11.8. The minimum Gasteiger partial charge on any atom is -0.477 e. The number of carbonyl (C=O) groups excluding carboxylic acids is 1. The van der Waals surface area contributed by atoms with Crippen molar-refractivity contribution in [2.45, 2.75) is 19.9 Å². The number of nitrogens with one attached hydrogen (secondary N) is 1. The molecule has 8 heteroatoms. The highest BCUT2D eigenvalue weighted by atomic mass is 32.1. The molecule has 1 amide bonds. The summed E-state index contributed by atoms with van der Waals surface area (Å²) in [5.41, 5.74) is 0.304. The van der Waals surface area contributed by atoms with Crippen molar-refractivity contribution in [2.75, 3.05) is 0 Å². The third-order valence-corrected chi connectivity index (χ3v) is 2.79. The minimum absolute atomic E-state index is 0.0429. The van der Waals surface area contributed by atoms with Crippen LogP contribution in [0.3, 0.4) is 0 Å². The molecule has 0 aliphatic heterocycles. The summed E-state index contributed by atoms with van der Waals surface area (Å²) in [5, 5.41) is 10.9. The van der Waals surface area contributed by atoms with Crippen LogP contribution in [-0.2, 0) is 11.3 Å². The number of aromatic nitrogens is 1. The molecule has 0 aliphatic carbocycles. The molecule has 88 valence electrons. The largest absolute Gasteiger partial charge is 0.477 e. The lowest BCUT2D eigenvalue weighted by atomic mass is 10.4. The Morgan fingerprint density at radius 3 is 2.62 bits per heavy atom. The lowest BCUT2D eigenvalue weighted by molar-refractivity contribution is -0.131. The van der Waals surface area contributed by atoms with Crippen LogP contribution in [0.4, 0.5) is 8.78 Å². The number of aryl methyl sites for hydroxylation is 1. The fourth-order valence-electron chi connectivity index (χ4n) is 0.966. The summed E-state index contributed by atoms with van der Waals surface area (Å²) in [6.45, 7) is 1.31. The predicted molar refractivity (Wildman–Crippen MR) is 51.7 cm³/mol. The molecule has 1 aromatic heterocycles. The number of amides is 1. The second-order valence-electron chi connectivity index (χ2n) is 2.85. The summed E-state index contributed by atoms with van der Waals surface area (Å²) in [4.78, 5) is 25.1. The summed E-state index contributed by atoms with van der Waals surface area (Å²) in [6, 6.07) is 0.